The minimum absolute atomic E-state index is 0.188. The number of hydrogen-bond acceptors (Lipinski definition) is 2. The number of halogens is 4. The molecular weight excluding hydrogens is 469 g/mol. The van der Waals surface area contributed by atoms with Gasteiger partial charge in [0, 0.05) is 36.4 Å². The summed E-state index contributed by atoms with van der Waals surface area (Å²) in [5, 5.41) is 6.01. The zero-order valence-electron chi connectivity index (χ0n) is 18.1. The lowest BCUT2D eigenvalue weighted by molar-refractivity contribution is -0.117. The van der Waals surface area contributed by atoms with Crippen molar-refractivity contribution < 1.29 is 18.4 Å². The molecule has 0 atom stereocenters. The van der Waals surface area contributed by atoms with Crippen molar-refractivity contribution in [2.24, 2.45) is 0 Å². The standard InChI is InChI=1S/C25H26Cl2F2N2O2/c26-20-8-6-10-22(28)18(20)12-14-24(32)30-16-4-2-1-3-5-17-31-25(33)15-13-19-21(27)9-7-11-23(19)29/h6-15H,1-5,16-17H2,(H,30,32)(H,31,33)/b14-12+,15-13+. The highest BCUT2D eigenvalue weighted by Crippen LogP contribution is 2.21. The summed E-state index contributed by atoms with van der Waals surface area (Å²) in [6.45, 7) is 1.04. The van der Waals surface area contributed by atoms with Crippen LogP contribution in [-0.2, 0) is 9.59 Å². The molecule has 0 fully saturated rings. The number of amides is 2. The van der Waals surface area contributed by atoms with Crippen LogP contribution < -0.4 is 10.6 Å². The number of unbranched alkanes of at least 4 members (excludes halogenated alkanes) is 4. The largest absolute Gasteiger partial charge is 0.353 e. The SMILES string of the molecule is O=C(/C=C/c1c(F)cccc1Cl)NCCCCCCCNC(=O)/C=C/c1c(F)cccc1Cl. The van der Waals surface area contributed by atoms with Crippen LogP contribution in [0, 0.1) is 11.6 Å². The van der Waals surface area contributed by atoms with E-state index in [9.17, 15) is 18.4 Å². The highest BCUT2D eigenvalue weighted by molar-refractivity contribution is 6.32. The Labute approximate surface area is 202 Å². The summed E-state index contributed by atoms with van der Waals surface area (Å²) >= 11 is 11.8. The van der Waals surface area contributed by atoms with E-state index in [4.69, 9.17) is 23.2 Å². The van der Waals surface area contributed by atoms with Crippen LogP contribution in [0.3, 0.4) is 0 Å². The van der Waals surface area contributed by atoms with E-state index in [2.05, 4.69) is 10.6 Å². The lowest BCUT2D eigenvalue weighted by Gasteiger charge is -2.04. The molecule has 2 rings (SSSR count). The molecule has 2 N–H and O–H groups in total. The van der Waals surface area contributed by atoms with Gasteiger partial charge in [-0.25, -0.2) is 8.78 Å². The van der Waals surface area contributed by atoms with E-state index in [1.807, 2.05) is 0 Å². The second-order valence-corrected chi connectivity index (χ2v) is 8.10. The first-order valence-corrected chi connectivity index (χ1v) is 11.4. The van der Waals surface area contributed by atoms with Crippen LogP contribution in [-0.4, -0.2) is 24.9 Å². The van der Waals surface area contributed by atoms with Crippen LogP contribution in [0.2, 0.25) is 10.0 Å². The highest BCUT2D eigenvalue weighted by Gasteiger charge is 2.05. The van der Waals surface area contributed by atoms with Crippen molar-refractivity contribution in [3.8, 4) is 0 Å². The van der Waals surface area contributed by atoms with Crippen LogP contribution in [0.1, 0.15) is 43.2 Å². The number of carbonyl (C=O) groups excluding carboxylic acids is 2. The Morgan fingerprint density at radius 2 is 1.09 bits per heavy atom. The number of rotatable bonds is 12. The van der Waals surface area contributed by atoms with Gasteiger partial charge in [-0.1, -0.05) is 54.6 Å². The van der Waals surface area contributed by atoms with Crippen molar-refractivity contribution in [3.63, 3.8) is 0 Å². The fourth-order valence-corrected chi connectivity index (χ4v) is 3.43. The fourth-order valence-electron chi connectivity index (χ4n) is 2.98. The van der Waals surface area contributed by atoms with Crippen molar-refractivity contribution in [2.45, 2.75) is 32.1 Å². The van der Waals surface area contributed by atoms with Gasteiger partial charge in [0.1, 0.15) is 11.6 Å². The van der Waals surface area contributed by atoms with Crippen molar-refractivity contribution >= 4 is 47.2 Å². The van der Waals surface area contributed by atoms with E-state index in [-0.39, 0.29) is 33.0 Å². The molecule has 33 heavy (non-hydrogen) atoms. The molecule has 8 heteroatoms. The van der Waals surface area contributed by atoms with E-state index in [0.29, 0.717) is 13.1 Å². The minimum atomic E-state index is -0.478. The Hall–Kier alpha value is -2.70. The van der Waals surface area contributed by atoms with Crippen LogP contribution in [0.5, 0.6) is 0 Å². The van der Waals surface area contributed by atoms with Gasteiger partial charge in [0.05, 0.1) is 10.0 Å². The molecule has 0 aliphatic heterocycles. The third kappa shape index (κ3) is 9.76. The molecule has 0 saturated carbocycles. The van der Waals surface area contributed by atoms with Gasteiger partial charge in [-0.15, -0.1) is 0 Å². The number of nitrogens with one attached hydrogen (secondary N) is 2. The minimum Gasteiger partial charge on any atom is -0.353 e. The van der Waals surface area contributed by atoms with E-state index in [0.717, 1.165) is 32.1 Å². The van der Waals surface area contributed by atoms with Gasteiger partial charge in [0.15, 0.2) is 0 Å². The monoisotopic (exact) mass is 494 g/mol. The Bertz CT molecular complexity index is 890. The Kier molecular flexibility index (Phi) is 11.6. The highest BCUT2D eigenvalue weighted by atomic mass is 35.5. The quantitative estimate of drug-likeness (QED) is 0.273. The molecule has 4 nitrogen and oxygen atoms in total. The van der Waals surface area contributed by atoms with Crippen molar-refractivity contribution in [3.05, 3.63) is 81.4 Å². The van der Waals surface area contributed by atoms with Gasteiger partial charge < -0.3 is 10.6 Å². The summed E-state index contributed by atoms with van der Waals surface area (Å²) in [6.07, 6.45) is 9.72. The maximum absolute atomic E-state index is 13.7. The molecule has 0 aliphatic carbocycles. The molecule has 2 amide bonds. The first kappa shape index (κ1) is 26.6. The maximum Gasteiger partial charge on any atom is 0.244 e. The molecule has 176 valence electrons. The lowest BCUT2D eigenvalue weighted by atomic mass is 10.1. The molecule has 2 aromatic carbocycles. The van der Waals surface area contributed by atoms with Crippen molar-refractivity contribution in [1.29, 1.82) is 0 Å². The number of hydrogen-bond donors (Lipinski definition) is 2. The summed E-state index contributed by atoms with van der Waals surface area (Å²) in [5.41, 5.74) is 0.376. The molecule has 0 radical (unpaired) electrons. The normalized spacial score (nSPS) is 11.3. The predicted molar refractivity (Wildman–Crippen MR) is 130 cm³/mol. The van der Waals surface area contributed by atoms with Gasteiger partial charge in [0.2, 0.25) is 11.8 Å². The molecule has 0 heterocycles. The van der Waals surface area contributed by atoms with Crippen molar-refractivity contribution in [2.75, 3.05) is 13.1 Å². The summed E-state index contributed by atoms with van der Waals surface area (Å²) < 4.78 is 27.3. The van der Waals surface area contributed by atoms with Gasteiger partial charge in [0.25, 0.3) is 0 Å². The topological polar surface area (TPSA) is 58.2 Å². The molecular formula is C25H26Cl2F2N2O2. The second-order valence-electron chi connectivity index (χ2n) is 7.29. The predicted octanol–water partition coefficient (Wildman–Crippen LogP) is 6.18. The molecule has 0 aromatic heterocycles. The lowest BCUT2D eigenvalue weighted by Crippen LogP contribution is -2.22. The summed E-state index contributed by atoms with van der Waals surface area (Å²) in [5.74, 6) is -1.56. The van der Waals surface area contributed by atoms with Crippen molar-refractivity contribution in [1.82, 2.24) is 10.6 Å². The second kappa shape index (κ2) is 14.4. The molecule has 0 unspecified atom stereocenters. The number of benzene rings is 2. The summed E-state index contributed by atoms with van der Waals surface area (Å²) in [7, 11) is 0. The zero-order chi connectivity index (χ0) is 24.1. The van der Waals surface area contributed by atoms with Gasteiger partial charge in [-0.05, 0) is 49.3 Å². The zero-order valence-corrected chi connectivity index (χ0v) is 19.6. The van der Waals surface area contributed by atoms with Crippen LogP contribution >= 0.6 is 23.2 Å². The molecule has 0 bridgehead atoms. The van der Waals surface area contributed by atoms with Gasteiger partial charge in [-0.3, -0.25) is 9.59 Å². The van der Waals surface area contributed by atoms with E-state index in [1.54, 1.807) is 12.1 Å². The molecule has 0 aliphatic rings. The van der Waals surface area contributed by atoms with E-state index < -0.39 is 11.6 Å². The maximum atomic E-state index is 13.7. The van der Waals surface area contributed by atoms with Gasteiger partial charge in [-0.2, -0.15) is 0 Å². The molecule has 0 saturated heterocycles. The molecule has 0 spiro atoms. The Balaban J connectivity index is 1.52. The summed E-state index contributed by atoms with van der Waals surface area (Å²) in [6, 6.07) is 8.70. The first-order valence-electron chi connectivity index (χ1n) is 10.7. The summed E-state index contributed by atoms with van der Waals surface area (Å²) in [4.78, 5) is 23.6. The smallest absolute Gasteiger partial charge is 0.244 e. The average Bonchev–Trinajstić information content (AvgIpc) is 2.77. The number of carbonyl (C=O) groups is 2. The van der Waals surface area contributed by atoms with Crippen LogP contribution in [0.25, 0.3) is 12.2 Å². The third-order valence-electron chi connectivity index (χ3n) is 4.75. The van der Waals surface area contributed by atoms with Crippen LogP contribution in [0.15, 0.2) is 48.6 Å². The van der Waals surface area contributed by atoms with Crippen LogP contribution in [0.4, 0.5) is 8.78 Å². The first-order chi connectivity index (χ1) is 15.9. The Morgan fingerprint density at radius 1 is 0.697 bits per heavy atom. The fraction of sp³-hybridized carbons (Fsp3) is 0.280. The van der Waals surface area contributed by atoms with Gasteiger partial charge >= 0.3 is 0 Å². The Morgan fingerprint density at radius 3 is 1.48 bits per heavy atom. The third-order valence-corrected chi connectivity index (χ3v) is 5.41. The average molecular weight is 495 g/mol. The van der Waals surface area contributed by atoms with E-state index in [1.165, 1.54) is 48.6 Å². The van der Waals surface area contributed by atoms with E-state index >= 15 is 0 Å². The molecule has 2 aromatic rings.